The lowest BCUT2D eigenvalue weighted by Gasteiger charge is -2.22. The lowest BCUT2D eigenvalue weighted by atomic mass is 9.89. The Balaban J connectivity index is 1.98. The smallest absolute Gasteiger partial charge is 0.244 e. The number of aromatic nitrogens is 2. The molecule has 2 N–H and O–H groups in total. The number of nitrogen functional groups attached to an aromatic ring is 1. The summed E-state index contributed by atoms with van der Waals surface area (Å²) in [7, 11) is 0. The zero-order chi connectivity index (χ0) is 15.6. The average molecular weight is 292 g/mol. The Bertz CT molecular complexity index is 507. The molecule has 0 aliphatic carbocycles. The van der Waals surface area contributed by atoms with Crippen molar-refractivity contribution in [2.75, 3.05) is 18.8 Å². The fourth-order valence-electron chi connectivity index (χ4n) is 3.13. The normalized spacial score (nSPS) is 19.9. The third-order valence-corrected chi connectivity index (χ3v) is 4.79. The molecule has 118 valence electrons. The van der Waals surface area contributed by atoms with E-state index in [-0.39, 0.29) is 5.91 Å². The molecule has 1 atom stereocenters. The molecule has 1 saturated heterocycles. The van der Waals surface area contributed by atoms with Crippen LogP contribution in [-0.4, -0.2) is 33.7 Å². The zero-order valence-electron chi connectivity index (χ0n) is 13.7. The fourth-order valence-corrected chi connectivity index (χ4v) is 3.13. The summed E-state index contributed by atoms with van der Waals surface area (Å²) < 4.78 is 1.73. The first kappa shape index (κ1) is 15.9. The van der Waals surface area contributed by atoms with Crippen LogP contribution in [0.1, 0.15) is 44.5 Å². The number of amides is 1. The van der Waals surface area contributed by atoms with Crippen LogP contribution in [-0.2, 0) is 11.3 Å². The lowest BCUT2D eigenvalue weighted by molar-refractivity contribution is -0.132. The molecule has 1 fully saturated rings. The fraction of sp³-hybridized carbons (Fsp3) is 0.750. The third-order valence-electron chi connectivity index (χ3n) is 4.79. The van der Waals surface area contributed by atoms with Gasteiger partial charge in [0.25, 0.3) is 0 Å². The van der Waals surface area contributed by atoms with E-state index in [1.54, 1.807) is 4.68 Å². The first-order valence-electron chi connectivity index (χ1n) is 7.97. The Labute approximate surface area is 127 Å². The van der Waals surface area contributed by atoms with Crippen LogP contribution >= 0.6 is 0 Å². The van der Waals surface area contributed by atoms with E-state index in [1.165, 1.54) is 6.42 Å². The zero-order valence-corrected chi connectivity index (χ0v) is 13.7. The first-order valence-corrected chi connectivity index (χ1v) is 7.97. The number of carbonyl (C=O) groups is 1. The van der Waals surface area contributed by atoms with Gasteiger partial charge in [-0.2, -0.15) is 5.10 Å². The Morgan fingerprint density at radius 3 is 2.62 bits per heavy atom. The van der Waals surface area contributed by atoms with Crippen LogP contribution in [0.4, 0.5) is 5.69 Å². The van der Waals surface area contributed by atoms with Gasteiger partial charge in [-0.3, -0.25) is 9.48 Å². The van der Waals surface area contributed by atoms with Gasteiger partial charge in [0.05, 0.1) is 17.1 Å². The van der Waals surface area contributed by atoms with Crippen molar-refractivity contribution in [3.63, 3.8) is 0 Å². The predicted molar refractivity (Wildman–Crippen MR) is 84.9 cm³/mol. The van der Waals surface area contributed by atoms with Gasteiger partial charge in [0.2, 0.25) is 5.91 Å². The third kappa shape index (κ3) is 3.57. The van der Waals surface area contributed by atoms with Crippen molar-refractivity contribution < 1.29 is 4.79 Å². The van der Waals surface area contributed by atoms with E-state index in [0.717, 1.165) is 43.2 Å². The number of aryl methyl sites for hydroxylation is 1. The SMILES string of the molecule is Cc1nn(CC(=O)N2CCCC(C(C)C)CC2)c(C)c1N. The van der Waals surface area contributed by atoms with Crippen LogP contribution in [0.25, 0.3) is 0 Å². The maximum atomic E-state index is 12.5. The highest BCUT2D eigenvalue weighted by Gasteiger charge is 2.23. The van der Waals surface area contributed by atoms with Crippen LogP contribution in [0.3, 0.4) is 0 Å². The highest BCUT2D eigenvalue weighted by Crippen LogP contribution is 2.24. The van der Waals surface area contributed by atoms with Crippen LogP contribution in [0, 0.1) is 25.7 Å². The predicted octanol–water partition coefficient (Wildman–Crippen LogP) is 2.37. The maximum Gasteiger partial charge on any atom is 0.244 e. The van der Waals surface area contributed by atoms with E-state index < -0.39 is 0 Å². The Hall–Kier alpha value is -1.52. The molecule has 1 amide bonds. The molecule has 0 saturated carbocycles. The summed E-state index contributed by atoms with van der Waals surface area (Å²) in [6.07, 6.45) is 3.45. The second-order valence-electron chi connectivity index (χ2n) is 6.56. The Morgan fingerprint density at radius 2 is 2.05 bits per heavy atom. The van der Waals surface area contributed by atoms with Crippen molar-refractivity contribution in [3.8, 4) is 0 Å². The van der Waals surface area contributed by atoms with Crippen molar-refractivity contribution in [2.45, 2.75) is 53.5 Å². The van der Waals surface area contributed by atoms with Crippen LogP contribution in [0.2, 0.25) is 0 Å². The van der Waals surface area contributed by atoms with Gasteiger partial charge in [-0.15, -0.1) is 0 Å². The minimum Gasteiger partial charge on any atom is -0.396 e. The summed E-state index contributed by atoms with van der Waals surface area (Å²) >= 11 is 0. The Kier molecular flexibility index (Phi) is 4.91. The molecule has 2 rings (SSSR count). The number of rotatable bonds is 3. The van der Waals surface area contributed by atoms with Gasteiger partial charge in [0, 0.05) is 13.1 Å². The molecule has 0 bridgehead atoms. The molecular weight excluding hydrogens is 264 g/mol. The summed E-state index contributed by atoms with van der Waals surface area (Å²) in [5.74, 6) is 1.60. The van der Waals surface area contributed by atoms with Crippen molar-refractivity contribution in [1.82, 2.24) is 14.7 Å². The van der Waals surface area contributed by atoms with Gasteiger partial charge in [0.1, 0.15) is 6.54 Å². The number of nitrogens with zero attached hydrogens (tertiary/aromatic N) is 3. The van der Waals surface area contributed by atoms with E-state index in [4.69, 9.17) is 5.73 Å². The number of hydrogen-bond donors (Lipinski definition) is 1. The van der Waals surface area contributed by atoms with Gasteiger partial charge in [-0.25, -0.2) is 0 Å². The molecular formula is C16H28N4O. The number of anilines is 1. The molecule has 0 aromatic carbocycles. The lowest BCUT2D eigenvalue weighted by Crippen LogP contribution is -2.35. The van der Waals surface area contributed by atoms with Gasteiger partial charge in [-0.1, -0.05) is 13.8 Å². The summed E-state index contributed by atoms with van der Waals surface area (Å²) in [6, 6.07) is 0. The molecule has 1 aromatic heterocycles. The second-order valence-corrected chi connectivity index (χ2v) is 6.56. The van der Waals surface area contributed by atoms with Crippen LogP contribution < -0.4 is 5.73 Å². The standard InChI is InChI=1S/C16H28N4O/c1-11(2)14-6-5-8-19(9-7-14)15(21)10-20-13(4)16(17)12(3)18-20/h11,14H,5-10,17H2,1-4H3. The minimum absolute atomic E-state index is 0.157. The molecule has 2 heterocycles. The molecule has 1 unspecified atom stereocenters. The molecule has 1 aliphatic heterocycles. The van der Waals surface area contributed by atoms with Crippen molar-refractivity contribution in [1.29, 1.82) is 0 Å². The number of carbonyl (C=O) groups excluding carboxylic acids is 1. The molecule has 5 heteroatoms. The molecule has 5 nitrogen and oxygen atoms in total. The summed E-state index contributed by atoms with van der Waals surface area (Å²) in [6.45, 7) is 10.4. The number of nitrogens with two attached hydrogens (primary N) is 1. The molecule has 1 aliphatic rings. The van der Waals surface area contributed by atoms with Crippen molar-refractivity contribution in [2.24, 2.45) is 11.8 Å². The highest BCUT2D eigenvalue weighted by atomic mass is 16.2. The van der Waals surface area contributed by atoms with Crippen molar-refractivity contribution in [3.05, 3.63) is 11.4 Å². The monoisotopic (exact) mass is 292 g/mol. The van der Waals surface area contributed by atoms with Gasteiger partial charge in [0.15, 0.2) is 0 Å². The van der Waals surface area contributed by atoms with Gasteiger partial charge in [-0.05, 0) is 44.9 Å². The number of hydrogen-bond acceptors (Lipinski definition) is 3. The summed E-state index contributed by atoms with van der Waals surface area (Å²) in [4.78, 5) is 14.5. The Morgan fingerprint density at radius 1 is 1.33 bits per heavy atom. The highest BCUT2D eigenvalue weighted by molar-refractivity contribution is 5.76. The first-order chi connectivity index (χ1) is 9.90. The molecule has 1 aromatic rings. The van der Waals surface area contributed by atoms with Crippen molar-refractivity contribution >= 4 is 11.6 Å². The van der Waals surface area contributed by atoms with Gasteiger partial charge >= 0.3 is 0 Å². The van der Waals surface area contributed by atoms with E-state index in [1.807, 2.05) is 18.7 Å². The van der Waals surface area contributed by atoms with Crippen LogP contribution in [0.15, 0.2) is 0 Å². The van der Waals surface area contributed by atoms with E-state index >= 15 is 0 Å². The minimum atomic E-state index is 0.157. The molecule has 21 heavy (non-hydrogen) atoms. The summed E-state index contributed by atoms with van der Waals surface area (Å²) in [5.41, 5.74) is 8.31. The van der Waals surface area contributed by atoms with E-state index in [9.17, 15) is 4.79 Å². The van der Waals surface area contributed by atoms with E-state index in [2.05, 4.69) is 18.9 Å². The average Bonchev–Trinajstić information content (AvgIpc) is 2.66. The van der Waals surface area contributed by atoms with Gasteiger partial charge < -0.3 is 10.6 Å². The largest absolute Gasteiger partial charge is 0.396 e. The summed E-state index contributed by atoms with van der Waals surface area (Å²) in [5, 5.41) is 4.36. The molecule has 0 spiro atoms. The topological polar surface area (TPSA) is 64.2 Å². The van der Waals surface area contributed by atoms with Crippen LogP contribution in [0.5, 0.6) is 0 Å². The number of likely N-dealkylation sites (tertiary alicyclic amines) is 1. The van der Waals surface area contributed by atoms with E-state index in [0.29, 0.717) is 18.2 Å². The second kappa shape index (κ2) is 6.50. The molecule has 0 radical (unpaired) electrons. The quantitative estimate of drug-likeness (QED) is 0.930. The maximum absolute atomic E-state index is 12.5.